The molecule has 29 heavy (non-hydrogen) atoms. The molecule has 0 saturated heterocycles. The van der Waals surface area contributed by atoms with Crippen LogP contribution in [0.3, 0.4) is 0 Å². The van der Waals surface area contributed by atoms with Crippen molar-refractivity contribution >= 4 is 34.6 Å². The van der Waals surface area contributed by atoms with Gasteiger partial charge in [-0.3, -0.25) is 9.69 Å². The molecule has 1 amide bonds. The zero-order chi connectivity index (χ0) is 20.8. The Morgan fingerprint density at radius 1 is 1.17 bits per heavy atom. The van der Waals surface area contributed by atoms with Gasteiger partial charge in [0.1, 0.15) is 17.2 Å². The highest BCUT2D eigenvalue weighted by Crippen LogP contribution is 2.31. The van der Waals surface area contributed by atoms with Crippen LogP contribution >= 0.6 is 11.8 Å². The third-order valence-electron chi connectivity index (χ3n) is 3.83. The van der Waals surface area contributed by atoms with E-state index in [0.29, 0.717) is 16.6 Å². The van der Waals surface area contributed by atoms with Crippen molar-refractivity contribution in [3.8, 4) is 17.6 Å². The van der Waals surface area contributed by atoms with Crippen LogP contribution in [0.25, 0.3) is 6.08 Å². The van der Waals surface area contributed by atoms with Crippen LogP contribution in [0, 0.1) is 11.3 Å². The van der Waals surface area contributed by atoms with E-state index in [2.05, 4.69) is 9.73 Å². The largest absolute Gasteiger partial charge is 0.497 e. The molecule has 1 heterocycles. The number of nitriles is 1. The fraction of sp³-hybridized carbons (Fsp3) is 0.150. The number of hydrogen-bond acceptors (Lipinski definition) is 6. The fourth-order valence-electron chi connectivity index (χ4n) is 2.55. The van der Waals surface area contributed by atoms with E-state index in [1.165, 1.54) is 29.2 Å². The third kappa shape index (κ3) is 4.92. The number of amidine groups is 1. The Morgan fingerprint density at radius 3 is 2.41 bits per heavy atom. The summed E-state index contributed by atoms with van der Waals surface area (Å²) in [6.45, 7) is -2.93. The maximum atomic E-state index is 12.9. The first kappa shape index (κ1) is 20.4. The van der Waals surface area contributed by atoms with Gasteiger partial charge in [0.2, 0.25) is 0 Å². The van der Waals surface area contributed by atoms with Gasteiger partial charge in [-0.15, -0.1) is 0 Å². The number of anilines is 1. The van der Waals surface area contributed by atoms with Crippen LogP contribution in [0.2, 0.25) is 0 Å². The molecule has 1 aliphatic heterocycles. The molecule has 148 valence electrons. The molecule has 6 nitrogen and oxygen atoms in total. The van der Waals surface area contributed by atoms with Gasteiger partial charge in [-0.25, -0.2) is 4.99 Å². The molecule has 0 aromatic heterocycles. The summed E-state index contributed by atoms with van der Waals surface area (Å²) < 4.78 is 34.1. The standard InChI is InChI=1S/C20H15F2N3O3S/c1-27-15-6-2-13(3-7-15)12-17-18(26)25(20(24-17)29-11-10-23)14-4-8-16(9-5-14)28-19(21)22/h2-9,12,19H,11H2,1H3/b17-12+. The highest BCUT2D eigenvalue weighted by Gasteiger charge is 2.32. The lowest BCUT2D eigenvalue weighted by atomic mass is 10.2. The number of methoxy groups -OCH3 is 1. The van der Waals surface area contributed by atoms with Crippen molar-refractivity contribution in [3.05, 3.63) is 59.8 Å². The van der Waals surface area contributed by atoms with E-state index >= 15 is 0 Å². The molecular formula is C20H15F2N3O3S. The second kappa shape index (κ2) is 9.21. The van der Waals surface area contributed by atoms with E-state index in [-0.39, 0.29) is 23.1 Å². The second-order valence-corrected chi connectivity index (χ2v) is 6.60. The smallest absolute Gasteiger partial charge is 0.387 e. The van der Waals surface area contributed by atoms with E-state index in [1.54, 1.807) is 37.5 Å². The number of carbonyl (C=O) groups excluding carboxylic acids is 1. The predicted molar refractivity (Wildman–Crippen MR) is 107 cm³/mol. The van der Waals surface area contributed by atoms with Crippen molar-refractivity contribution in [3.63, 3.8) is 0 Å². The van der Waals surface area contributed by atoms with E-state index in [1.807, 2.05) is 6.07 Å². The summed E-state index contributed by atoms with van der Waals surface area (Å²) in [5, 5.41) is 9.21. The number of thioether (sulfide) groups is 1. The van der Waals surface area contributed by atoms with Crippen molar-refractivity contribution in [1.29, 1.82) is 5.26 Å². The van der Waals surface area contributed by atoms with E-state index in [9.17, 15) is 13.6 Å². The molecule has 0 atom stereocenters. The molecule has 9 heteroatoms. The molecular weight excluding hydrogens is 400 g/mol. The number of nitrogens with zero attached hydrogens (tertiary/aromatic N) is 3. The molecule has 2 aromatic rings. The van der Waals surface area contributed by atoms with Gasteiger partial charge in [-0.05, 0) is 48.0 Å². The quantitative estimate of drug-likeness (QED) is 0.658. The molecule has 1 aliphatic rings. The summed E-state index contributed by atoms with van der Waals surface area (Å²) in [6, 6.07) is 14.7. The lowest BCUT2D eigenvalue weighted by Crippen LogP contribution is -2.30. The maximum absolute atomic E-state index is 12.9. The molecule has 0 bridgehead atoms. The average Bonchev–Trinajstić information content (AvgIpc) is 3.02. The minimum atomic E-state index is -2.93. The zero-order valence-corrected chi connectivity index (χ0v) is 16.0. The Labute approximate surface area is 170 Å². The van der Waals surface area contributed by atoms with Crippen molar-refractivity contribution in [2.24, 2.45) is 4.99 Å². The second-order valence-electron chi connectivity index (χ2n) is 5.66. The first-order valence-corrected chi connectivity index (χ1v) is 9.34. The van der Waals surface area contributed by atoms with Gasteiger partial charge in [0, 0.05) is 0 Å². The first-order valence-electron chi connectivity index (χ1n) is 8.35. The Kier molecular flexibility index (Phi) is 6.46. The van der Waals surface area contributed by atoms with Gasteiger partial charge in [0.05, 0.1) is 24.6 Å². The fourth-order valence-corrected chi connectivity index (χ4v) is 3.23. The van der Waals surface area contributed by atoms with Gasteiger partial charge < -0.3 is 9.47 Å². The Morgan fingerprint density at radius 2 is 1.83 bits per heavy atom. The lowest BCUT2D eigenvalue weighted by Gasteiger charge is -2.17. The number of ether oxygens (including phenoxy) is 2. The minimum Gasteiger partial charge on any atom is -0.497 e. The number of amides is 1. The van der Waals surface area contributed by atoms with Gasteiger partial charge in [-0.1, -0.05) is 23.9 Å². The van der Waals surface area contributed by atoms with Crippen LogP contribution in [0.5, 0.6) is 11.5 Å². The van der Waals surface area contributed by atoms with Crippen molar-refractivity contribution < 1.29 is 23.0 Å². The Bertz CT molecular complexity index is 984. The lowest BCUT2D eigenvalue weighted by molar-refractivity contribution is -0.113. The van der Waals surface area contributed by atoms with Gasteiger partial charge in [0.15, 0.2) is 5.17 Å². The summed E-state index contributed by atoms with van der Waals surface area (Å²) in [6.07, 6.45) is 1.63. The summed E-state index contributed by atoms with van der Waals surface area (Å²) >= 11 is 1.11. The molecule has 0 fully saturated rings. The third-order valence-corrected chi connectivity index (χ3v) is 4.64. The number of alkyl halides is 2. The number of hydrogen-bond donors (Lipinski definition) is 0. The number of halogens is 2. The molecule has 3 rings (SSSR count). The first-order chi connectivity index (χ1) is 14.0. The molecule has 0 saturated carbocycles. The summed E-state index contributed by atoms with van der Waals surface area (Å²) in [5.41, 5.74) is 1.38. The minimum absolute atomic E-state index is 0.0208. The molecule has 2 aromatic carbocycles. The summed E-state index contributed by atoms with van der Waals surface area (Å²) in [4.78, 5) is 18.6. The SMILES string of the molecule is COc1ccc(/C=C2/N=C(SCC#N)N(c3ccc(OC(F)F)cc3)C2=O)cc1. The maximum Gasteiger partial charge on any atom is 0.387 e. The zero-order valence-electron chi connectivity index (χ0n) is 15.2. The Hall–Kier alpha value is -3.38. The Balaban J connectivity index is 1.90. The van der Waals surface area contributed by atoms with Gasteiger partial charge in [0.25, 0.3) is 5.91 Å². The van der Waals surface area contributed by atoms with Crippen LogP contribution in [0.1, 0.15) is 5.56 Å². The normalized spacial score (nSPS) is 14.9. The number of aliphatic imine (C=N–C) groups is 1. The van der Waals surface area contributed by atoms with Crippen LogP contribution in [0.15, 0.2) is 59.2 Å². The van der Waals surface area contributed by atoms with E-state index < -0.39 is 6.61 Å². The van der Waals surface area contributed by atoms with Crippen molar-refractivity contribution in [1.82, 2.24) is 0 Å². The van der Waals surface area contributed by atoms with Crippen LogP contribution < -0.4 is 14.4 Å². The van der Waals surface area contributed by atoms with E-state index in [0.717, 1.165) is 17.3 Å². The molecule has 0 aliphatic carbocycles. The van der Waals surface area contributed by atoms with Gasteiger partial charge >= 0.3 is 6.61 Å². The van der Waals surface area contributed by atoms with Crippen LogP contribution in [0.4, 0.5) is 14.5 Å². The predicted octanol–water partition coefficient (Wildman–Crippen LogP) is 4.30. The summed E-state index contributed by atoms with van der Waals surface area (Å²) in [7, 11) is 1.56. The van der Waals surface area contributed by atoms with Gasteiger partial charge in [-0.2, -0.15) is 14.0 Å². The topological polar surface area (TPSA) is 74.9 Å². The van der Waals surface area contributed by atoms with Crippen molar-refractivity contribution in [2.75, 3.05) is 17.8 Å². The molecule has 0 spiro atoms. The van der Waals surface area contributed by atoms with Crippen molar-refractivity contribution in [2.45, 2.75) is 6.61 Å². The van der Waals surface area contributed by atoms with Crippen LogP contribution in [-0.2, 0) is 4.79 Å². The average molecular weight is 415 g/mol. The summed E-state index contributed by atoms with van der Waals surface area (Å²) in [5.74, 6) is 0.383. The number of carbonyl (C=O) groups is 1. The van der Waals surface area contributed by atoms with E-state index in [4.69, 9.17) is 10.00 Å². The highest BCUT2D eigenvalue weighted by atomic mass is 32.2. The monoisotopic (exact) mass is 415 g/mol. The van der Waals surface area contributed by atoms with Crippen LogP contribution in [-0.4, -0.2) is 30.5 Å². The molecule has 0 radical (unpaired) electrons. The molecule has 0 unspecified atom stereocenters. The highest BCUT2D eigenvalue weighted by molar-refractivity contribution is 8.14. The number of benzene rings is 2. The number of rotatable bonds is 6. The molecule has 0 N–H and O–H groups in total.